The van der Waals surface area contributed by atoms with Crippen LogP contribution in [0, 0.1) is 6.92 Å². The lowest BCUT2D eigenvalue weighted by Gasteiger charge is -2.28. The van der Waals surface area contributed by atoms with E-state index in [1.54, 1.807) is 19.1 Å². The number of carbonyl (C=O) groups excluding carboxylic acids is 1. The zero-order valence-electron chi connectivity index (χ0n) is 15.9. The van der Waals surface area contributed by atoms with Crippen LogP contribution in [-0.2, 0) is 6.18 Å². The fraction of sp³-hybridized carbons (Fsp3) is 0.421. The summed E-state index contributed by atoms with van der Waals surface area (Å²) in [5.74, 6) is -0.807. The summed E-state index contributed by atoms with van der Waals surface area (Å²) in [5.41, 5.74) is 11.8. The van der Waals surface area contributed by atoms with Gasteiger partial charge >= 0.3 is 6.18 Å². The molecule has 1 heterocycles. The monoisotopic (exact) mass is 408 g/mol. The highest BCUT2D eigenvalue weighted by Gasteiger charge is 2.36. The first-order valence-electron chi connectivity index (χ1n) is 9.27. The highest BCUT2D eigenvalue weighted by Crippen LogP contribution is 2.35. The van der Waals surface area contributed by atoms with E-state index in [0.29, 0.717) is 29.7 Å². The third-order valence-electron chi connectivity index (χ3n) is 4.95. The second-order valence-corrected chi connectivity index (χ2v) is 7.23. The van der Waals surface area contributed by atoms with Crippen molar-refractivity contribution < 1.29 is 18.0 Å². The molecule has 7 nitrogen and oxygen atoms in total. The van der Waals surface area contributed by atoms with E-state index in [2.05, 4.69) is 20.6 Å². The second-order valence-electron chi connectivity index (χ2n) is 7.23. The number of aryl methyl sites for hydroxylation is 1. The summed E-state index contributed by atoms with van der Waals surface area (Å²) in [6.07, 6.45) is -0.956. The van der Waals surface area contributed by atoms with Crippen molar-refractivity contribution in [1.29, 1.82) is 0 Å². The van der Waals surface area contributed by atoms with Crippen LogP contribution in [0.5, 0.6) is 0 Å². The maximum atomic E-state index is 13.4. The molecule has 3 rings (SSSR count). The highest BCUT2D eigenvalue weighted by molar-refractivity contribution is 5.94. The maximum absolute atomic E-state index is 13.4. The maximum Gasteiger partial charge on any atom is 0.421 e. The Morgan fingerprint density at radius 2 is 1.90 bits per heavy atom. The molecule has 1 aromatic carbocycles. The number of hydrogen-bond donors (Lipinski definition) is 4. The van der Waals surface area contributed by atoms with Gasteiger partial charge in [0.2, 0.25) is 11.9 Å². The molecule has 1 aromatic heterocycles. The molecule has 0 atom stereocenters. The number of nitrogens with two attached hydrogens (primary N) is 2. The van der Waals surface area contributed by atoms with E-state index in [1.807, 2.05) is 0 Å². The first-order chi connectivity index (χ1) is 13.6. The van der Waals surface area contributed by atoms with Gasteiger partial charge in [-0.1, -0.05) is 0 Å². The summed E-state index contributed by atoms with van der Waals surface area (Å²) in [5, 5.41) is 5.78. The van der Waals surface area contributed by atoms with Gasteiger partial charge in [-0.3, -0.25) is 4.79 Å². The zero-order chi connectivity index (χ0) is 21.2. The predicted octanol–water partition coefficient (Wildman–Crippen LogP) is 3.33. The van der Waals surface area contributed by atoms with Gasteiger partial charge in [0.15, 0.2) is 0 Å². The quantitative estimate of drug-likeness (QED) is 0.603. The van der Waals surface area contributed by atoms with Crippen LogP contribution in [0.25, 0.3) is 0 Å². The highest BCUT2D eigenvalue weighted by atomic mass is 19.4. The molecule has 1 fully saturated rings. The number of halogens is 3. The van der Waals surface area contributed by atoms with Crippen molar-refractivity contribution in [2.45, 2.75) is 50.9 Å². The molecule has 0 unspecified atom stereocenters. The van der Waals surface area contributed by atoms with Crippen molar-refractivity contribution in [3.05, 3.63) is 41.1 Å². The summed E-state index contributed by atoms with van der Waals surface area (Å²) >= 11 is 0. The smallest absolute Gasteiger partial charge is 0.367 e. The van der Waals surface area contributed by atoms with Crippen LogP contribution >= 0.6 is 0 Å². The molecule has 1 aliphatic carbocycles. The molecule has 1 saturated carbocycles. The van der Waals surface area contributed by atoms with Crippen LogP contribution < -0.4 is 22.1 Å². The average molecular weight is 408 g/mol. The lowest BCUT2D eigenvalue weighted by atomic mass is 9.92. The SMILES string of the molecule is Cc1cc(Nc2ncc(C(F)(F)F)c(N[C@H]3CC[C@@H](N)CC3)n2)ccc1C(N)=O. The number of anilines is 3. The summed E-state index contributed by atoms with van der Waals surface area (Å²) in [7, 11) is 0. The number of benzene rings is 1. The zero-order valence-corrected chi connectivity index (χ0v) is 15.9. The average Bonchev–Trinajstić information content (AvgIpc) is 2.62. The molecule has 0 bridgehead atoms. The van der Waals surface area contributed by atoms with Crippen LogP contribution in [-0.4, -0.2) is 28.0 Å². The van der Waals surface area contributed by atoms with Crippen LogP contribution in [0.15, 0.2) is 24.4 Å². The molecule has 0 saturated heterocycles. The van der Waals surface area contributed by atoms with Gasteiger partial charge in [-0.2, -0.15) is 18.2 Å². The number of carbonyl (C=O) groups is 1. The topological polar surface area (TPSA) is 119 Å². The molecule has 2 aromatic rings. The fourth-order valence-electron chi connectivity index (χ4n) is 3.36. The number of hydrogen-bond acceptors (Lipinski definition) is 6. The Hall–Kier alpha value is -2.88. The van der Waals surface area contributed by atoms with E-state index in [9.17, 15) is 18.0 Å². The third kappa shape index (κ3) is 5.14. The van der Waals surface area contributed by atoms with Gasteiger partial charge in [-0.05, 0) is 56.4 Å². The molecule has 1 aliphatic rings. The van der Waals surface area contributed by atoms with Crippen molar-refractivity contribution in [2.24, 2.45) is 11.5 Å². The molecule has 156 valence electrons. The van der Waals surface area contributed by atoms with E-state index in [0.717, 1.165) is 19.0 Å². The number of aromatic nitrogens is 2. The van der Waals surface area contributed by atoms with E-state index < -0.39 is 17.6 Å². The first-order valence-corrected chi connectivity index (χ1v) is 9.27. The van der Waals surface area contributed by atoms with Crippen LogP contribution in [0.3, 0.4) is 0 Å². The molecule has 6 N–H and O–H groups in total. The molecule has 0 spiro atoms. The van der Waals surface area contributed by atoms with Crippen molar-refractivity contribution in [3.63, 3.8) is 0 Å². The molecular formula is C19H23F3N6O. The first kappa shape index (κ1) is 20.8. The molecule has 0 radical (unpaired) electrons. The summed E-state index contributed by atoms with van der Waals surface area (Å²) < 4.78 is 40.2. The van der Waals surface area contributed by atoms with E-state index in [1.165, 1.54) is 6.07 Å². The third-order valence-corrected chi connectivity index (χ3v) is 4.95. The van der Waals surface area contributed by atoms with Gasteiger partial charge in [-0.25, -0.2) is 4.98 Å². The van der Waals surface area contributed by atoms with Crippen LogP contribution in [0.1, 0.15) is 47.2 Å². The Balaban J connectivity index is 1.84. The Bertz CT molecular complexity index is 894. The number of amides is 1. The van der Waals surface area contributed by atoms with Gasteiger partial charge in [0.05, 0.1) is 0 Å². The Kier molecular flexibility index (Phi) is 5.92. The predicted molar refractivity (Wildman–Crippen MR) is 104 cm³/mol. The minimum Gasteiger partial charge on any atom is -0.367 e. The standard InChI is InChI=1S/C19H23F3N6O/c1-10-8-13(6-7-14(10)16(24)29)27-18-25-9-15(19(20,21)22)17(28-18)26-12-4-2-11(23)3-5-12/h6-9,11-12H,2-5,23H2,1H3,(H2,24,29)(H2,25,26,27,28)/t11-,12+. The largest absolute Gasteiger partial charge is 0.421 e. The molecule has 10 heteroatoms. The minimum absolute atomic E-state index is 0.0132. The Morgan fingerprint density at radius 1 is 1.21 bits per heavy atom. The van der Waals surface area contributed by atoms with E-state index in [4.69, 9.17) is 11.5 Å². The lowest BCUT2D eigenvalue weighted by Crippen LogP contribution is -2.33. The van der Waals surface area contributed by atoms with Crippen molar-refractivity contribution in [1.82, 2.24) is 9.97 Å². The Labute approximate surface area is 166 Å². The van der Waals surface area contributed by atoms with Gasteiger partial charge in [-0.15, -0.1) is 0 Å². The lowest BCUT2D eigenvalue weighted by molar-refractivity contribution is -0.137. The summed E-state index contributed by atoms with van der Waals surface area (Å²) in [4.78, 5) is 19.2. The number of nitrogens with one attached hydrogen (secondary N) is 2. The van der Waals surface area contributed by atoms with E-state index in [-0.39, 0.29) is 23.8 Å². The summed E-state index contributed by atoms with van der Waals surface area (Å²) in [6, 6.07) is 4.73. The minimum atomic E-state index is -4.58. The van der Waals surface area contributed by atoms with Gasteiger partial charge in [0, 0.05) is 29.5 Å². The molecule has 29 heavy (non-hydrogen) atoms. The number of rotatable bonds is 5. The van der Waals surface area contributed by atoms with Crippen molar-refractivity contribution in [2.75, 3.05) is 10.6 Å². The van der Waals surface area contributed by atoms with Crippen molar-refractivity contribution >= 4 is 23.4 Å². The number of primary amides is 1. The summed E-state index contributed by atoms with van der Waals surface area (Å²) in [6.45, 7) is 1.71. The number of nitrogens with zero attached hydrogens (tertiary/aromatic N) is 2. The molecular weight excluding hydrogens is 385 g/mol. The van der Waals surface area contributed by atoms with E-state index >= 15 is 0 Å². The van der Waals surface area contributed by atoms with Crippen LogP contribution in [0.4, 0.5) is 30.6 Å². The van der Waals surface area contributed by atoms with Gasteiger partial charge in [0.1, 0.15) is 11.4 Å². The van der Waals surface area contributed by atoms with Gasteiger partial charge < -0.3 is 22.1 Å². The molecule has 0 aliphatic heterocycles. The second kappa shape index (κ2) is 8.24. The fourth-order valence-corrected chi connectivity index (χ4v) is 3.36. The number of alkyl halides is 3. The van der Waals surface area contributed by atoms with Gasteiger partial charge in [0.25, 0.3) is 0 Å². The normalized spacial score (nSPS) is 19.6. The molecule has 1 amide bonds. The van der Waals surface area contributed by atoms with Crippen LogP contribution in [0.2, 0.25) is 0 Å². The Morgan fingerprint density at radius 3 is 2.48 bits per heavy atom. The van der Waals surface area contributed by atoms with Crippen molar-refractivity contribution in [3.8, 4) is 0 Å².